The highest BCUT2D eigenvalue weighted by atomic mass is 16.1. The number of fused-ring (bicyclic) bond motifs is 2. The zero-order valence-electron chi connectivity index (χ0n) is 11.7. The van der Waals surface area contributed by atoms with Crippen molar-refractivity contribution in [3.63, 3.8) is 0 Å². The Balaban J connectivity index is 1.48. The van der Waals surface area contributed by atoms with Gasteiger partial charge in [0.1, 0.15) is 0 Å². The molecular weight excluding hydrogens is 250 g/mol. The molecular formula is C16H21N3O. The third-order valence-corrected chi connectivity index (χ3v) is 5.00. The monoisotopic (exact) mass is 271 g/mol. The van der Waals surface area contributed by atoms with E-state index in [1.54, 1.807) is 0 Å². The molecule has 0 aliphatic carbocycles. The molecule has 0 saturated carbocycles. The molecule has 4 heteroatoms. The van der Waals surface area contributed by atoms with Gasteiger partial charge in [-0.15, -0.1) is 0 Å². The van der Waals surface area contributed by atoms with Gasteiger partial charge in [0.25, 0.3) is 5.91 Å². The molecule has 1 aromatic rings. The van der Waals surface area contributed by atoms with E-state index in [1.165, 1.54) is 30.6 Å². The first kappa shape index (κ1) is 12.2. The maximum absolute atomic E-state index is 12.4. The van der Waals surface area contributed by atoms with Crippen LogP contribution in [-0.4, -0.2) is 42.5 Å². The van der Waals surface area contributed by atoms with Gasteiger partial charge in [-0.3, -0.25) is 9.69 Å². The second kappa shape index (κ2) is 4.77. The molecule has 3 aliphatic rings. The Labute approximate surface area is 119 Å². The molecule has 0 radical (unpaired) electrons. The van der Waals surface area contributed by atoms with Gasteiger partial charge in [0.15, 0.2) is 0 Å². The van der Waals surface area contributed by atoms with Crippen molar-refractivity contribution in [1.29, 1.82) is 0 Å². The lowest BCUT2D eigenvalue weighted by atomic mass is 10.0. The normalized spacial score (nSPS) is 28.0. The van der Waals surface area contributed by atoms with Gasteiger partial charge in [-0.05, 0) is 56.0 Å². The molecule has 20 heavy (non-hydrogen) atoms. The van der Waals surface area contributed by atoms with Crippen LogP contribution in [0.15, 0.2) is 18.2 Å². The fourth-order valence-corrected chi connectivity index (χ4v) is 3.95. The molecule has 2 N–H and O–H groups in total. The van der Waals surface area contributed by atoms with Gasteiger partial charge < -0.3 is 10.6 Å². The average Bonchev–Trinajstić information content (AvgIpc) is 3.14. The fourth-order valence-electron chi connectivity index (χ4n) is 3.95. The van der Waals surface area contributed by atoms with Gasteiger partial charge >= 0.3 is 0 Å². The zero-order valence-corrected chi connectivity index (χ0v) is 11.7. The van der Waals surface area contributed by atoms with Crippen molar-refractivity contribution in [2.75, 3.05) is 25.0 Å². The third-order valence-electron chi connectivity index (χ3n) is 5.00. The number of hydrogen-bond donors (Lipinski definition) is 2. The molecule has 0 aromatic heterocycles. The summed E-state index contributed by atoms with van der Waals surface area (Å²) < 4.78 is 0. The van der Waals surface area contributed by atoms with E-state index < -0.39 is 0 Å². The summed E-state index contributed by atoms with van der Waals surface area (Å²) >= 11 is 0. The molecule has 3 heterocycles. The fraction of sp³-hybridized carbons (Fsp3) is 0.562. The van der Waals surface area contributed by atoms with E-state index in [0.29, 0.717) is 12.1 Å². The first-order valence-corrected chi connectivity index (χ1v) is 7.73. The molecule has 2 unspecified atom stereocenters. The van der Waals surface area contributed by atoms with E-state index in [-0.39, 0.29) is 5.91 Å². The van der Waals surface area contributed by atoms with Crippen molar-refractivity contribution in [3.05, 3.63) is 29.3 Å². The van der Waals surface area contributed by atoms with Crippen molar-refractivity contribution in [2.24, 2.45) is 0 Å². The van der Waals surface area contributed by atoms with E-state index in [1.807, 2.05) is 18.2 Å². The molecule has 2 atom stereocenters. The number of carbonyl (C=O) groups excluding carboxylic acids is 1. The summed E-state index contributed by atoms with van der Waals surface area (Å²) in [5.41, 5.74) is 3.26. The van der Waals surface area contributed by atoms with E-state index >= 15 is 0 Å². The Morgan fingerprint density at radius 1 is 1.30 bits per heavy atom. The summed E-state index contributed by atoms with van der Waals surface area (Å²) in [6.07, 6.45) is 4.64. The summed E-state index contributed by atoms with van der Waals surface area (Å²) in [6, 6.07) is 6.94. The topological polar surface area (TPSA) is 44.4 Å². The minimum absolute atomic E-state index is 0.0958. The lowest BCUT2D eigenvalue weighted by Gasteiger charge is -2.21. The van der Waals surface area contributed by atoms with Crippen LogP contribution in [0.2, 0.25) is 0 Å². The molecule has 0 spiro atoms. The highest BCUT2D eigenvalue weighted by Crippen LogP contribution is 2.28. The molecule has 0 bridgehead atoms. The second-order valence-corrected chi connectivity index (χ2v) is 6.16. The predicted molar refractivity (Wildman–Crippen MR) is 79.1 cm³/mol. The third kappa shape index (κ3) is 1.99. The number of nitrogens with zero attached hydrogens (tertiary/aromatic N) is 1. The van der Waals surface area contributed by atoms with Gasteiger partial charge in [0.05, 0.1) is 0 Å². The second-order valence-electron chi connectivity index (χ2n) is 6.16. The molecule has 1 aromatic carbocycles. The number of carbonyl (C=O) groups is 1. The number of anilines is 1. The predicted octanol–water partition coefficient (Wildman–Crippen LogP) is 1.62. The Bertz CT molecular complexity index is 543. The molecule has 2 fully saturated rings. The maximum Gasteiger partial charge on any atom is 0.251 e. The lowest BCUT2D eigenvalue weighted by Crippen LogP contribution is -2.42. The number of benzene rings is 1. The summed E-state index contributed by atoms with van der Waals surface area (Å²) in [5, 5.41) is 6.59. The van der Waals surface area contributed by atoms with Crippen LogP contribution >= 0.6 is 0 Å². The summed E-state index contributed by atoms with van der Waals surface area (Å²) in [5.74, 6) is 0.0958. The summed E-state index contributed by atoms with van der Waals surface area (Å²) in [4.78, 5) is 15.0. The average molecular weight is 271 g/mol. The first-order chi connectivity index (χ1) is 9.81. The maximum atomic E-state index is 12.4. The van der Waals surface area contributed by atoms with Crippen LogP contribution in [0.25, 0.3) is 0 Å². The van der Waals surface area contributed by atoms with Crippen molar-refractivity contribution in [1.82, 2.24) is 10.2 Å². The van der Waals surface area contributed by atoms with Gasteiger partial charge in [-0.2, -0.15) is 0 Å². The van der Waals surface area contributed by atoms with Gasteiger partial charge in [-0.25, -0.2) is 0 Å². The van der Waals surface area contributed by atoms with E-state index in [0.717, 1.165) is 31.5 Å². The van der Waals surface area contributed by atoms with E-state index in [4.69, 9.17) is 0 Å². The Kier molecular flexibility index (Phi) is 2.91. The molecule has 4 rings (SSSR count). The number of amides is 1. The van der Waals surface area contributed by atoms with Crippen molar-refractivity contribution in [3.8, 4) is 0 Å². The smallest absolute Gasteiger partial charge is 0.251 e. The van der Waals surface area contributed by atoms with E-state index in [9.17, 15) is 4.79 Å². The van der Waals surface area contributed by atoms with Gasteiger partial charge in [-0.1, -0.05) is 0 Å². The SMILES string of the molecule is O=C(NC1CCN2CCCC12)c1ccc2c(c1)CCN2. The van der Waals surface area contributed by atoms with Crippen LogP contribution in [0.3, 0.4) is 0 Å². The lowest BCUT2D eigenvalue weighted by molar-refractivity contribution is 0.0929. The van der Waals surface area contributed by atoms with Crippen LogP contribution < -0.4 is 10.6 Å². The number of nitrogens with one attached hydrogen (secondary N) is 2. The minimum Gasteiger partial charge on any atom is -0.384 e. The standard InChI is InChI=1S/C16H21N3O/c20-16(12-3-4-13-11(10-12)5-7-17-13)18-14-6-9-19-8-1-2-15(14)19/h3-4,10,14-15,17H,1-2,5-9H2,(H,18,20). The summed E-state index contributed by atoms with van der Waals surface area (Å²) in [7, 11) is 0. The highest BCUT2D eigenvalue weighted by molar-refractivity contribution is 5.95. The van der Waals surface area contributed by atoms with Crippen LogP contribution in [0.4, 0.5) is 5.69 Å². The van der Waals surface area contributed by atoms with Gasteiger partial charge in [0.2, 0.25) is 0 Å². The van der Waals surface area contributed by atoms with Crippen molar-refractivity contribution >= 4 is 11.6 Å². The molecule has 4 nitrogen and oxygen atoms in total. The number of hydrogen-bond acceptors (Lipinski definition) is 3. The zero-order chi connectivity index (χ0) is 13.5. The van der Waals surface area contributed by atoms with Crippen LogP contribution in [-0.2, 0) is 6.42 Å². The van der Waals surface area contributed by atoms with Crippen molar-refractivity contribution in [2.45, 2.75) is 37.8 Å². The molecule has 1 amide bonds. The van der Waals surface area contributed by atoms with E-state index in [2.05, 4.69) is 15.5 Å². The molecule has 2 saturated heterocycles. The Morgan fingerprint density at radius 3 is 3.20 bits per heavy atom. The quantitative estimate of drug-likeness (QED) is 0.859. The minimum atomic E-state index is 0.0958. The molecule has 106 valence electrons. The summed E-state index contributed by atoms with van der Waals surface area (Å²) in [6.45, 7) is 3.34. The number of rotatable bonds is 2. The van der Waals surface area contributed by atoms with Crippen LogP contribution in [0.5, 0.6) is 0 Å². The van der Waals surface area contributed by atoms with Crippen LogP contribution in [0.1, 0.15) is 35.2 Å². The van der Waals surface area contributed by atoms with Crippen molar-refractivity contribution < 1.29 is 4.79 Å². The first-order valence-electron chi connectivity index (χ1n) is 7.73. The van der Waals surface area contributed by atoms with Gasteiger partial charge in [0, 0.05) is 36.4 Å². The Morgan fingerprint density at radius 2 is 2.25 bits per heavy atom. The Hall–Kier alpha value is -1.55. The molecule has 3 aliphatic heterocycles. The van der Waals surface area contributed by atoms with Crippen LogP contribution in [0, 0.1) is 0 Å². The highest BCUT2D eigenvalue weighted by Gasteiger charge is 2.37. The largest absolute Gasteiger partial charge is 0.384 e.